The molecule has 0 bridgehead atoms. The van der Waals surface area contributed by atoms with Crippen LogP contribution in [0, 0.1) is 0 Å². The van der Waals surface area contributed by atoms with Gasteiger partial charge >= 0.3 is 0 Å². The Hall–Kier alpha value is -1.48. The van der Waals surface area contributed by atoms with Gasteiger partial charge in [0.2, 0.25) is 0 Å². The predicted octanol–water partition coefficient (Wildman–Crippen LogP) is 3.68. The van der Waals surface area contributed by atoms with E-state index in [0.717, 1.165) is 12.8 Å². The molecule has 0 fully saturated rings. The second-order valence-electron chi connectivity index (χ2n) is 4.34. The SMILES string of the molecule is CCc1ccc(C(CC)n2ncc(Cl)c2N)cc1. The van der Waals surface area contributed by atoms with Crippen molar-refractivity contribution in [1.29, 1.82) is 0 Å². The van der Waals surface area contributed by atoms with Crippen LogP contribution in [0.1, 0.15) is 37.4 Å². The quantitative estimate of drug-likeness (QED) is 0.914. The highest BCUT2D eigenvalue weighted by Crippen LogP contribution is 2.28. The third kappa shape index (κ3) is 2.36. The smallest absolute Gasteiger partial charge is 0.141 e. The minimum absolute atomic E-state index is 0.142. The summed E-state index contributed by atoms with van der Waals surface area (Å²) in [4.78, 5) is 0. The van der Waals surface area contributed by atoms with Crippen LogP contribution in [0.2, 0.25) is 5.02 Å². The zero-order valence-electron chi connectivity index (χ0n) is 10.7. The van der Waals surface area contributed by atoms with E-state index in [2.05, 4.69) is 43.2 Å². The number of aryl methyl sites for hydroxylation is 1. The number of aromatic nitrogens is 2. The molecule has 96 valence electrons. The molecule has 2 aromatic rings. The van der Waals surface area contributed by atoms with E-state index in [4.69, 9.17) is 17.3 Å². The van der Waals surface area contributed by atoms with Gasteiger partial charge in [-0.15, -0.1) is 0 Å². The van der Waals surface area contributed by atoms with Crippen molar-refractivity contribution < 1.29 is 0 Å². The van der Waals surface area contributed by atoms with Crippen LogP contribution in [0.3, 0.4) is 0 Å². The molecule has 0 aliphatic rings. The lowest BCUT2D eigenvalue weighted by molar-refractivity contribution is 0.516. The minimum Gasteiger partial charge on any atom is -0.383 e. The van der Waals surface area contributed by atoms with Crippen molar-refractivity contribution in [3.8, 4) is 0 Å². The number of nitrogen functional groups attached to an aromatic ring is 1. The molecule has 0 aliphatic heterocycles. The Morgan fingerprint density at radius 2 is 1.94 bits per heavy atom. The summed E-state index contributed by atoms with van der Waals surface area (Å²) in [7, 11) is 0. The molecule has 0 saturated heterocycles. The molecule has 18 heavy (non-hydrogen) atoms. The summed E-state index contributed by atoms with van der Waals surface area (Å²) < 4.78 is 1.79. The van der Waals surface area contributed by atoms with Gasteiger partial charge in [0.15, 0.2) is 0 Å². The normalized spacial score (nSPS) is 12.6. The summed E-state index contributed by atoms with van der Waals surface area (Å²) in [5.41, 5.74) is 8.48. The van der Waals surface area contributed by atoms with Crippen LogP contribution in [0.25, 0.3) is 0 Å². The van der Waals surface area contributed by atoms with Gasteiger partial charge in [0.25, 0.3) is 0 Å². The highest BCUT2D eigenvalue weighted by atomic mass is 35.5. The monoisotopic (exact) mass is 263 g/mol. The molecule has 1 heterocycles. The van der Waals surface area contributed by atoms with E-state index in [-0.39, 0.29) is 6.04 Å². The van der Waals surface area contributed by atoms with Crippen molar-refractivity contribution in [2.75, 3.05) is 5.73 Å². The third-order valence-corrected chi connectivity index (χ3v) is 3.53. The number of nitrogens with zero attached hydrogens (tertiary/aromatic N) is 2. The topological polar surface area (TPSA) is 43.8 Å². The number of nitrogens with two attached hydrogens (primary N) is 1. The molecule has 0 aliphatic carbocycles. The van der Waals surface area contributed by atoms with Crippen LogP contribution in [0.4, 0.5) is 5.82 Å². The standard InChI is InChI=1S/C14H18ClN3/c1-3-10-5-7-11(8-6-10)13(4-2)18-14(16)12(15)9-17-18/h5-9,13H,3-4,16H2,1-2H3. The van der Waals surface area contributed by atoms with Crippen molar-refractivity contribution in [2.24, 2.45) is 0 Å². The van der Waals surface area contributed by atoms with E-state index in [0.29, 0.717) is 10.8 Å². The van der Waals surface area contributed by atoms with Crippen LogP contribution in [0.15, 0.2) is 30.5 Å². The molecule has 1 atom stereocenters. The van der Waals surface area contributed by atoms with Crippen molar-refractivity contribution in [3.05, 3.63) is 46.6 Å². The Morgan fingerprint density at radius 1 is 1.28 bits per heavy atom. The van der Waals surface area contributed by atoms with E-state index >= 15 is 0 Å². The second kappa shape index (κ2) is 5.44. The molecule has 3 nitrogen and oxygen atoms in total. The van der Waals surface area contributed by atoms with Gasteiger partial charge in [-0.25, -0.2) is 4.68 Å². The van der Waals surface area contributed by atoms with E-state index in [1.807, 2.05) is 0 Å². The lowest BCUT2D eigenvalue weighted by Crippen LogP contribution is -2.13. The molecule has 1 unspecified atom stereocenters. The zero-order valence-corrected chi connectivity index (χ0v) is 11.5. The summed E-state index contributed by atoms with van der Waals surface area (Å²) >= 11 is 5.96. The summed E-state index contributed by atoms with van der Waals surface area (Å²) in [6.07, 6.45) is 3.57. The minimum atomic E-state index is 0.142. The Balaban J connectivity index is 2.35. The van der Waals surface area contributed by atoms with Crippen LogP contribution in [0.5, 0.6) is 0 Å². The van der Waals surface area contributed by atoms with E-state index in [9.17, 15) is 0 Å². The van der Waals surface area contributed by atoms with Gasteiger partial charge < -0.3 is 5.73 Å². The summed E-state index contributed by atoms with van der Waals surface area (Å²) in [5.74, 6) is 0.531. The average molecular weight is 264 g/mol. The highest BCUT2D eigenvalue weighted by Gasteiger charge is 2.16. The fourth-order valence-corrected chi connectivity index (χ4v) is 2.25. The van der Waals surface area contributed by atoms with Crippen molar-refractivity contribution >= 4 is 17.4 Å². The van der Waals surface area contributed by atoms with Gasteiger partial charge in [-0.05, 0) is 24.0 Å². The first-order chi connectivity index (χ1) is 8.67. The first-order valence-electron chi connectivity index (χ1n) is 6.24. The lowest BCUT2D eigenvalue weighted by atomic mass is 10.0. The Morgan fingerprint density at radius 3 is 2.39 bits per heavy atom. The zero-order chi connectivity index (χ0) is 13.1. The second-order valence-corrected chi connectivity index (χ2v) is 4.75. The van der Waals surface area contributed by atoms with Crippen molar-refractivity contribution in [3.63, 3.8) is 0 Å². The van der Waals surface area contributed by atoms with E-state index in [1.165, 1.54) is 11.1 Å². The number of halogens is 1. The summed E-state index contributed by atoms with van der Waals surface area (Å²) in [6, 6.07) is 8.73. The molecule has 0 amide bonds. The lowest BCUT2D eigenvalue weighted by Gasteiger charge is -2.18. The number of hydrogen-bond acceptors (Lipinski definition) is 2. The molecule has 4 heteroatoms. The maximum absolute atomic E-state index is 5.96. The van der Waals surface area contributed by atoms with E-state index < -0.39 is 0 Å². The molecule has 1 aromatic heterocycles. The van der Waals surface area contributed by atoms with Gasteiger partial charge in [-0.1, -0.05) is 49.7 Å². The maximum atomic E-state index is 5.96. The molecule has 0 saturated carbocycles. The van der Waals surface area contributed by atoms with Crippen molar-refractivity contribution in [2.45, 2.75) is 32.7 Å². The van der Waals surface area contributed by atoms with Gasteiger partial charge in [-0.2, -0.15) is 5.10 Å². The number of rotatable bonds is 4. The fourth-order valence-electron chi connectivity index (χ4n) is 2.12. The molecule has 2 rings (SSSR count). The molecular formula is C14H18ClN3. The first kappa shape index (κ1) is 13.0. The first-order valence-corrected chi connectivity index (χ1v) is 6.62. The molecule has 1 aromatic carbocycles. The molecule has 2 N–H and O–H groups in total. The Kier molecular flexibility index (Phi) is 3.92. The molecule has 0 spiro atoms. The molecule has 0 radical (unpaired) electrons. The van der Waals surface area contributed by atoms with Gasteiger partial charge in [0.1, 0.15) is 10.8 Å². The van der Waals surface area contributed by atoms with Crippen LogP contribution >= 0.6 is 11.6 Å². The fraction of sp³-hybridized carbons (Fsp3) is 0.357. The van der Waals surface area contributed by atoms with Crippen molar-refractivity contribution in [1.82, 2.24) is 9.78 Å². The molecular weight excluding hydrogens is 246 g/mol. The maximum Gasteiger partial charge on any atom is 0.141 e. The van der Waals surface area contributed by atoms with Gasteiger partial charge in [-0.3, -0.25) is 0 Å². The van der Waals surface area contributed by atoms with Gasteiger partial charge in [0, 0.05) is 0 Å². The number of benzene rings is 1. The highest BCUT2D eigenvalue weighted by molar-refractivity contribution is 6.32. The van der Waals surface area contributed by atoms with Gasteiger partial charge in [0.05, 0.1) is 12.2 Å². The average Bonchev–Trinajstić information content (AvgIpc) is 2.73. The van der Waals surface area contributed by atoms with Crippen LogP contribution in [-0.2, 0) is 6.42 Å². The Bertz CT molecular complexity index is 516. The third-order valence-electron chi connectivity index (χ3n) is 3.24. The number of hydrogen-bond donors (Lipinski definition) is 1. The van der Waals surface area contributed by atoms with Crippen LogP contribution in [-0.4, -0.2) is 9.78 Å². The summed E-state index contributed by atoms with van der Waals surface area (Å²) in [5, 5.41) is 4.78. The van der Waals surface area contributed by atoms with E-state index in [1.54, 1.807) is 10.9 Å². The predicted molar refractivity (Wildman–Crippen MR) is 75.9 cm³/mol. The summed E-state index contributed by atoms with van der Waals surface area (Å²) in [6.45, 7) is 4.27. The number of anilines is 1. The largest absolute Gasteiger partial charge is 0.383 e. The van der Waals surface area contributed by atoms with Crippen LogP contribution < -0.4 is 5.73 Å². The Labute approximate surface area is 113 Å².